The molecule has 4 rings (SSSR count). The Morgan fingerprint density at radius 2 is 1.79 bits per heavy atom. The molecule has 11 heteroatoms. The lowest BCUT2D eigenvalue weighted by Crippen LogP contribution is -2.48. The number of methoxy groups -OCH3 is 1. The maximum atomic E-state index is 13.3. The van der Waals surface area contributed by atoms with Crippen molar-refractivity contribution < 1.29 is 35.9 Å². The Hall–Kier alpha value is -2.79. The number of carbonyl (C=O) groups excluding carboxylic acids is 1. The zero-order valence-corrected chi connectivity index (χ0v) is 19.4. The molecular formula is C23H25F3N2O5S. The van der Waals surface area contributed by atoms with E-state index in [1.807, 2.05) is 18.2 Å². The van der Waals surface area contributed by atoms with Gasteiger partial charge in [0.2, 0.25) is 10.0 Å². The molecule has 0 saturated carbocycles. The first-order valence-electron chi connectivity index (χ1n) is 10.8. The fourth-order valence-corrected chi connectivity index (χ4v) is 6.01. The standard InChI is InChI=1S/C23H25F3N2O5S/c1-32-19-7-4-5-17(13-19)14-27-16-22(33-21(27)29)9-11-28(12-10-22)34(30,31)15-18-6-2-3-8-20(18)23(24,25)26/h2-8,13H,9-12,14-16H2,1H3. The molecule has 2 aromatic carbocycles. The van der Waals surface area contributed by atoms with Crippen molar-refractivity contribution in [2.24, 2.45) is 0 Å². The molecule has 0 bridgehead atoms. The van der Waals surface area contributed by atoms with E-state index in [-0.39, 0.29) is 31.5 Å². The number of carbonyl (C=O) groups is 1. The summed E-state index contributed by atoms with van der Waals surface area (Å²) >= 11 is 0. The van der Waals surface area contributed by atoms with Crippen LogP contribution in [0.2, 0.25) is 0 Å². The monoisotopic (exact) mass is 498 g/mol. The SMILES string of the molecule is COc1cccc(CN2CC3(CCN(S(=O)(=O)Cc4ccccc4C(F)(F)F)CC3)OC2=O)c1. The number of hydrogen-bond donors (Lipinski definition) is 0. The van der Waals surface area contributed by atoms with Crippen LogP contribution in [0.1, 0.15) is 29.5 Å². The lowest BCUT2D eigenvalue weighted by molar-refractivity contribution is -0.138. The predicted octanol–water partition coefficient (Wildman–Crippen LogP) is 4.03. The van der Waals surface area contributed by atoms with Gasteiger partial charge in [-0.15, -0.1) is 0 Å². The fourth-order valence-electron chi connectivity index (χ4n) is 4.45. The van der Waals surface area contributed by atoms with Crippen LogP contribution in [0.15, 0.2) is 48.5 Å². The normalized spacial score (nSPS) is 18.8. The molecule has 0 N–H and O–H groups in total. The topological polar surface area (TPSA) is 76.2 Å². The molecule has 7 nitrogen and oxygen atoms in total. The van der Waals surface area contributed by atoms with Crippen LogP contribution in [0.3, 0.4) is 0 Å². The van der Waals surface area contributed by atoms with E-state index in [0.717, 1.165) is 11.6 Å². The summed E-state index contributed by atoms with van der Waals surface area (Å²) in [7, 11) is -2.43. The molecule has 2 saturated heterocycles. The number of sulfonamides is 1. The Balaban J connectivity index is 1.40. The van der Waals surface area contributed by atoms with E-state index < -0.39 is 39.2 Å². The summed E-state index contributed by atoms with van der Waals surface area (Å²) in [5, 5.41) is 0. The molecule has 2 aliphatic heterocycles. The molecule has 0 unspecified atom stereocenters. The van der Waals surface area contributed by atoms with Gasteiger partial charge in [0, 0.05) is 32.5 Å². The van der Waals surface area contributed by atoms with Crippen molar-refractivity contribution in [2.45, 2.75) is 36.9 Å². The highest BCUT2D eigenvalue weighted by molar-refractivity contribution is 7.88. The molecule has 2 heterocycles. The molecule has 0 atom stereocenters. The molecule has 0 aromatic heterocycles. The first-order chi connectivity index (χ1) is 16.0. The highest BCUT2D eigenvalue weighted by atomic mass is 32.2. The summed E-state index contributed by atoms with van der Waals surface area (Å²) in [5.74, 6) is -0.0670. The summed E-state index contributed by atoms with van der Waals surface area (Å²) in [5.41, 5.74) is -1.18. The minimum atomic E-state index is -4.64. The second kappa shape index (κ2) is 9.10. The molecule has 2 aliphatic rings. The minimum absolute atomic E-state index is 0.0663. The van der Waals surface area contributed by atoms with E-state index in [4.69, 9.17) is 9.47 Å². The van der Waals surface area contributed by atoms with Crippen LogP contribution in [-0.4, -0.2) is 56.1 Å². The first kappa shape index (κ1) is 24.3. The molecule has 2 aromatic rings. The molecule has 1 spiro atoms. The van der Waals surface area contributed by atoms with Crippen LogP contribution in [0.5, 0.6) is 5.75 Å². The van der Waals surface area contributed by atoms with Crippen LogP contribution < -0.4 is 4.74 Å². The van der Waals surface area contributed by atoms with Gasteiger partial charge in [-0.25, -0.2) is 17.5 Å². The van der Waals surface area contributed by atoms with E-state index in [0.29, 0.717) is 18.8 Å². The molecule has 0 radical (unpaired) electrons. The van der Waals surface area contributed by atoms with Crippen LogP contribution in [0, 0.1) is 0 Å². The number of rotatable bonds is 6. The third-order valence-corrected chi connectivity index (χ3v) is 8.06. The predicted molar refractivity (Wildman–Crippen MR) is 117 cm³/mol. The highest BCUT2D eigenvalue weighted by Crippen LogP contribution is 2.36. The van der Waals surface area contributed by atoms with E-state index in [9.17, 15) is 26.4 Å². The van der Waals surface area contributed by atoms with Gasteiger partial charge in [-0.2, -0.15) is 13.2 Å². The molecule has 0 aliphatic carbocycles. The van der Waals surface area contributed by atoms with Crippen molar-refractivity contribution in [2.75, 3.05) is 26.7 Å². The summed E-state index contributed by atoms with van der Waals surface area (Å²) in [4.78, 5) is 14.1. The van der Waals surface area contributed by atoms with Crippen molar-refractivity contribution in [3.05, 3.63) is 65.2 Å². The van der Waals surface area contributed by atoms with E-state index in [1.165, 1.54) is 22.5 Å². The van der Waals surface area contributed by atoms with Crippen molar-refractivity contribution in [3.8, 4) is 5.75 Å². The molecule has 2 fully saturated rings. The van der Waals surface area contributed by atoms with E-state index in [2.05, 4.69) is 0 Å². The lowest BCUT2D eigenvalue weighted by atomic mass is 9.92. The first-order valence-corrected chi connectivity index (χ1v) is 12.4. The summed E-state index contributed by atoms with van der Waals surface area (Å²) in [6.07, 6.45) is -4.57. The van der Waals surface area contributed by atoms with Gasteiger partial charge in [0.1, 0.15) is 11.4 Å². The number of amides is 1. The van der Waals surface area contributed by atoms with Crippen molar-refractivity contribution >= 4 is 16.1 Å². The summed E-state index contributed by atoms with van der Waals surface area (Å²) in [6, 6.07) is 12.0. The van der Waals surface area contributed by atoms with Gasteiger partial charge >= 0.3 is 12.3 Å². The molecule has 1 amide bonds. The zero-order valence-electron chi connectivity index (χ0n) is 18.5. The second-order valence-electron chi connectivity index (χ2n) is 8.57. The van der Waals surface area contributed by atoms with Gasteiger partial charge in [-0.3, -0.25) is 4.90 Å². The number of ether oxygens (including phenoxy) is 2. The number of halogens is 3. The van der Waals surface area contributed by atoms with Crippen LogP contribution in [0.25, 0.3) is 0 Å². The summed E-state index contributed by atoms with van der Waals surface area (Å²) in [6.45, 7) is 0.773. The Morgan fingerprint density at radius 1 is 1.09 bits per heavy atom. The number of hydrogen-bond acceptors (Lipinski definition) is 5. The van der Waals surface area contributed by atoms with Gasteiger partial charge in [-0.05, 0) is 29.3 Å². The largest absolute Gasteiger partial charge is 0.497 e. The van der Waals surface area contributed by atoms with Gasteiger partial charge in [0.15, 0.2) is 0 Å². The molecule has 34 heavy (non-hydrogen) atoms. The van der Waals surface area contributed by atoms with Gasteiger partial charge in [-0.1, -0.05) is 30.3 Å². The lowest BCUT2D eigenvalue weighted by Gasteiger charge is -2.36. The average Bonchev–Trinajstić information content (AvgIpc) is 3.07. The van der Waals surface area contributed by atoms with E-state index >= 15 is 0 Å². The van der Waals surface area contributed by atoms with Crippen molar-refractivity contribution in [3.63, 3.8) is 0 Å². The van der Waals surface area contributed by atoms with Gasteiger partial charge in [0.25, 0.3) is 0 Å². The Bertz CT molecular complexity index is 1160. The van der Waals surface area contributed by atoms with Crippen LogP contribution in [0.4, 0.5) is 18.0 Å². The molecular weight excluding hydrogens is 473 g/mol. The van der Waals surface area contributed by atoms with Gasteiger partial charge in [0.05, 0.1) is 25.0 Å². The number of benzene rings is 2. The summed E-state index contributed by atoms with van der Waals surface area (Å²) < 4.78 is 77.7. The Labute approximate surface area is 196 Å². The number of piperidine rings is 1. The van der Waals surface area contributed by atoms with Crippen molar-refractivity contribution in [1.82, 2.24) is 9.21 Å². The zero-order chi connectivity index (χ0) is 24.6. The number of alkyl halides is 3. The third kappa shape index (κ3) is 5.15. The molecule has 184 valence electrons. The Kier molecular flexibility index (Phi) is 6.52. The third-order valence-electron chi connectivity index (χ3n) is 6.24. The quantitative estimate of drug-likeness (QED) is 0.601. The second-order valence-corrected chi connectivity index (χ2v) is 10.5. The number of nitrogens with zero attached hydrogens (tertiary/aromatic N) is 2. The van der Waals surface area contributed by atoms with E-state index in [1.54, 1.807) is 18.1 Å². The fraction of sp³-hybridized carbons (Fsp3) is 0.435. The van der Waals surface area contributed by atoms with Crippen LogP contribution >= 0.6 is 0 Å². The maximum absolute atomic E-state index is 13.3. The smallest absolute Gasteiger partial charge is 0.416 e. The highest BCUT2D eigenvalue weighted by Gasteiger charge is 2.48. The Morgan fingerprint density at radius 3 is 2.47 bits per heavy atom. The minimum Gasteiger partial charge on any atom is -0.497 e. The average molecular weight is 499 g/mol. The van der Waals surface area contributed by atoms with Gasteiger partial charge < -0.3 is 9.47 Å². The van der Waals surface area contributed by atoms with Crippen molar-refractivity contribution in [1.29, 1.82) is 0 Å². The van der Waals surface area contributed by atoms with Crippen LogP contribution in [-0.2, 0) is 33.2 Å². The maximum Gasteiger partial charge on any atom is 0.416 e.